The number of nitro benzene ring substituents is 1. The second-order valence-electron chi connectivity index (χ2n) is 5.99. The molecule has 0 spiro atoms. The number of ether oxygens (including phenoxy) is 1. The maximum absolute atomic E-state index is 12.0. The standard InChI is InChI=1S/C18H15N3O4/c22-18(19-12-6-7-12)25-17-16(11-4-2-1-3-5-11)14-10-13(21(23)24)8-9-15(14)20-17/h1-5,8-10,12,20H,6-7H2,(H,19,22). The van der Waals surface area contributed by atoms with Gasteiger partial charge in [0, 0.05) is 29.1 Å². The van der Waals surface area contributed by atoms with Gasteiger partial charge in [-0.3, -0.25) is 10.1 Å². The molecule has 4 rings (SSSR count). The summed E-state index contributed by atoms with van der Waals surface area (Å²) >= 11 is 0. The van der Waals surface area contributed by atoms with Crippen LogP contribution in [0.4, 0.5) is 10.5 Å². The number of H-pyrrole nitrogens is 1. The van der Waals surface area contributed by atoms with Crippen molar-refractivity contribution in [3.8, 4) is 17.0 Å². The number of aromatic nitrogens is 1. The SMILES string of the molecule is O=C(NC1CC1)Oc1[nH]c2ccc([N+](=O)[O-])cc2c1-c1ccccc1. The second-order valence-corrected chi connectivity index (χ2v) is 5.99. The second kappa shape index (κ2) is 5.94. The lowest BCUT2D eigenvalue weighted by Gasteiger charge is -2.07. The fourth-order valence-electron chi connectivity index (χ4n) is 2.75. The van der Waals surface area contributed by atoms with Crippen molar-refractivity contribution in [3.05, 3.63) is 58.6 Å². The smallest absolute Gasteiger partial charge is 0.393 e. The molecule has 2 N–H and O–H groups in total. The largest absolute Gasteiger partial charge is 0.414 e. The Kier molecular flexibility index (Phi) is 3.61. The van der Waals surface area contributed by atoms with Gasteiger partial charge in [-0.05, 0) is 24.5 Å². The van der Waals surface area contributed by atoms with Gasteiger partial charge in [0.2, 0.25) is 5.88 Å². The van der Waals surface area contributed by atoms with E-state index in [4.69, 9.17) is 4.74 Å². The third-order valence-corrected chi connectivity index (χ3v) is 4.12. The minimum atomic E-state index is -0.527. The highest BCUT2D eigenvalue weighted by Gasteiger charge is 2.26. The van der Waals surface area contributed by atoms with E-state index in [9.17, 15) is 14.9 Å². The average molecular weight is 337 g/mol. The normalized spacial score (nSPS) is 13.6. The van der Waals surface area contributed by atoms with Crippen LogP contribution in [0.15, 0.2) is 48.5 Å². The number of fused-ring (bicyclic) bond motifs is 1. The van der Waals surface area contributed by atoms with E-state index in [-0.39, 0.29) is 17.6 Å². The van der Waals surface area contributed by atoms with Crippen molar-refractivity contribution >= 4 is 22.7 Å². The summed E-state index contributed by atoms with van der Waals surface area (Å²) < 4.78 is 5.46. The summed E-state index contributed by atoms with van der Waals surface area (Å²) in [5.41, 5.74) is 2.09. The van der Waals surface area contributed by atoms with Crippen LogP contribution in [0.2, 0.25) is 0 Å². The van der Waals surface area contributed by atoms with E-state index in [1.807, 2.05) is 30.3 Å². The molecular formula is C18H15N3O4. The molecule has 25 heavy (non-hydrogen) atoms. The molecule has 1 fully saturated rings. The Labute approximate surface area is 142 Å². The maximum atomic E-state index is 12.0. The van der Waals surface area contributed by atoms with E-state index < -0.39 is 11.0 Å². The molecule has 1 heterocycles. The number of carbonyl (C=O) groups is 1. The zero-order chi connectivity index (χ0) is 17.4. The molecule has 0 bridgehead atoms. The molecule has 0 radical (unpaired) electrons. The number of rotatable bonds is 4. The number of hydrogen-bond acceptors (Lipinski definition) is 4. The zero-order valence-corrected chi connectivity index (χ0v) is 13.2. The number of non-ortho nitro benzene ring substituents is 1. The lowest BCUT2D eigenvalue weighted by atomic mass is 10.0. The molecule has 126 valence electrons. The Morgan fingerprint density at radius 2 is 1.96 bits per heavy atom. The molecular weight excluding hydrogens is 322 g/mol. The highest BCUT2D eigenvalue weighted by Crippen LogP contribution is 2.39. The van der Waals surface area contributed by atoms with Crippen LogP contribution in [0.5, 0.6) is 5.88 Å². The van der Waals surface area contributed by atoms with Gasteiger partial charge in [-0.25, -0.2) is 4.79 Å². The van der Waals surface area contributed by atoms with Crippen LogP contribution < -0.4 is 10.1 Å². The Bertz CT molecular complexity index is 961. The summed E-state index contributed by atoms with van der Waals surface area (Å²) in [4.78, 5) is 25.7. The van der Waals surface area contributed by atoms with E-state index in [1.54, 1.807) is 6.07 Å². The molecule has 1 aliphatic rings. The highest BCUT2D eigenvalue weighted by atomic mass is 16.6. The lowest BCUT2D eigenvalue weighted by molar-refractivity contribution is -0.384. The van der Waals surface area contributed by atoms with Gasteiger partial charge in [-0.15, -0.1) is 0 Å². The molecule has 7 nitrogen and oxygen atoms in total. The molecule has 2 aromatic carbocycles. The Morgan fingerprint density at radius 3 is 2.64 bits per heavy atom. The Hall–Kier alpha value is -3.35. The number of aromatic amines is 1. The molecule has 7 heteroatoms. The maximum Gasteiger partial charge on any atom is 0.414 e. The van der Waals surface area contributed by atoms with E-state index in [0.29, 0.717) is 16.5 Å². The van der Waals surface area contributed by atoms with Gasteiger partial charge in [-0.1, -0.05) is 30.3 Å². The van der Waals surface area contributed by atoms with Crippen molar-refractivity contribution in [3.63, 3.8) is 0 Å². The van der Waals surface area contributed by atoms with Crippen molar-refractivity contribution in [2.75, 3.05) is 0 Å². The monoisotopic (exact) mass is 337 g/mol. The van der Waals surface area contributed by atoms with Gasteiger partial charge >= 0.3 is 6.09 Å². The fraction of sp³-hybridized carbons (Fsp3) is 0.167. The average Bonchev–Trinajstić information content (AvgIpc) is 3.33. The molecule has 1 saturated carbocycles. The van der Waals surface area contributed by atoms with Gasteiger partial charge in [-0.2, -0.15) is 0 Å². The van der Waals surface area contributed by atoms with Crippen LogP contribution in [0.25, 0.3) is 22.0 Å². The highest BCUT2D eigenvalue weighted by molar-refractivity contribution is 6.00. The summed E-state index contributed by atoms with van der Waals surface area (Å²) in [6.45, 7) is 0. The first-order chi connectivity index (χ1) is 12.1. The van der Waals surface area contributed by atoms with Gasteiger partial charge in [0.05, 0.1) is 10.5 Å². The molecule has 1 amide bonds. The molecule has 1 aliphatic carbocycles. The number of amides is 1. The number of nitrogens with zero attached hydrogens (tertiary/aromatic N) is 1. The first-order valence-electron chi connectivity index (χ1n) is 7.96. The van der Waals surface area contributed by atoms with Crippen LogP contribution in [0, 0.1) is 10.1 Å². The molecule has 1 aromatic heterocycles. The molecule has 0 unspecified atom stereocenters. The fourth-order valence-corrected chi connectivity index (χ4v) is 2.75. The Balaban J connectivity index is 1.82. The minimum absolute atomic E-state index is 0.0161. The van der Waals surface area contributed by atoms with Crippen LogP contribution in [0.1, 0.15) is 12.8 Å². The molecule has 0 aliphatic heterocycles. The van der Waals surface area contributed by atoms with Crippen LogP contribution >= 0.6 is 0 Å². The van der Waals surface area contributed by atoms with Crippen molar-refractivity contribution in [1.29, 1.82) is 0 Å². The van der Waals surface area contributed by atoms with Gasteiger partial charge < -0.3 is 15.0 Å². The Morgan fingerprint density at radius 1 is 1.20 bits per heavy atom. The van der Waals surface area contributed by atoms with Crippen molar-refractivity contribution in [1.82, 2.24) is 10.3 Å². The van der Waals surface area contributed by atoms with E-state index in [2.05, 4.69) is 10.3 Å². The third-order valence-electron chi connectivity index (χ3n) is 4.12. The number of nitro groups is 1. The quantitative estimate of drug-likeness (QED) is 0.555. The third kappa shape index (κ3) is 3.03. The van der Waals surface area contributed by atoms with E-state index >= 15 is 0 Å². The lowest BCUT2D eigenvalue weighted by Crippen LogP contribution is -2.28. The summed E-state index contributed by atoms with van der Waals surface area (Å²) in [7, 11) is 0. The summed E-state index contributed by atoms with van der Waals surface area (Å²) in [5, 5.41) is 14.5. The van der Waals surface area contributed by atoms with Gasteiger partial charge in [0.1, 0.15) is 0 Å². The minimum Gasteiger partial charge on any atom is -0.393 e. The first kappa shape index (κ1) is 15.2. The number of hydrogen-bond donors (Lipinski definition) is 2. The number of nitrogens with one attached hydrogen (secondary N) is 2. The van der Waals surface area contributed by atoms with E-state index in [0.717, 1.165) is 18.4 Å². The molecule has 3 aromatic rings. The molecule has 0 saturated heterocycles. The zero-order valence-electron chi connectivity index (χ0n) is 13.2. The first-order valence-corrected chi connectivity index (χ1v) is 7.96. The molecule has 0 atom stereocenters. The summed E-state index contributed by atoms with van der Waals surface area (Å²) in [5.74, 6) is 0.278. The van der Waals surface area contributed by atoms with Crippen LogP contribution in [-0.2, 0) is 0 Å². The van der Waals surface area contributed by atoms with E-state index in [1.165, 1.54) is 12.1 Å². The number of carbonyl (C=O) groups excluding carboxylic acids is 1. The summed E-state index contributed by atoms with van der Waals surface area (Å²) in [6, 6.07) is 14.0. The topological polar surface area (TPSA) is 97.3 Å². The summed E-state index contributed by atoms with van der Waals surface area (Å²) in [6.07, 6.45) is 1.39. The van der Waals surface area contributed by atoms with Crippen molar-refractivity contribution in [2.45, 2.75) is 18.9 Å². The van der Waals surface area contributed by atoms with Gasteiger partial charge in [0.15, 0.2) is 0 Å². The van der Waals surface area contributed by atoms with Crippen molar-refractivity contribution in [2.24, 2.45) is 0 Å². The van der Waals surface area contributed by atoms with Gasteiger partial charge in [0.25, 0.3) is 5.69 Å². The predicted molar refractivity (Wildman–Crippen MR) is 92.6 cm³/mol. The van der Waals surface area contributed by atoms with Crippen LogP contribution in [-0.4, -0.2) is 22.0 Å². The number of benzene rings is 2. The van der Waals surface area contributed by atoms with Crippen molar-refractivity contribution < 1.29 is 14.5 Å². The predicted octanol–water partition coefficient (Wildman–Crippen LogP) is 3.99. The van der Waals surface area contributed by atoms with Crippen LogP contribution in [0.3, 0.4) is 0 Å².